The summed E-state index contributed by atoms with van der Waals surface area (Å²) in [4.78, 5) is 11.8. The summed E-state index contributed by atoms with van der Waals surface area (Å²) < 4.78 is 44.1. The molecule has 0 amide bonds. The molecule has 3 aromatic carbocycles. The van der Waals surface area contributed by atoms with Crippen LogP contribution in [0.3, 0.4) is 0 Å². The Balaban J connectivity index is 1.95. The predicted octanol–water partition coefficient (Wildman–Crippen LogP) is 6.64. The van der Waals surface area contributed by atoms with Gasteiger partial charge in [-0.05, 0) is 38.5 Å². The molecule has 0 atom stereocenters. The van der Waals surface area contributed by atoms with Crippen LogP contribution < -0.4 is 9.47 Å². The number of carbonyl (C=O) groups excluding carboxylic acids is 1. The van der Waals surface area contributed by atoms with Crippen molar-refractivity contribution in [1.82, 2.24) is 4.57 Å². The van der Waals surface area contributed by atoms with Gasteiger partial charge in [0.1, 0.15) is 11.5 Å². The van der Waals surface area contributed by atoms with Gasteiger partial charge in [-0.3, -0.25) is 9.36 Å². The number of rotatable bonds is 8. The van der Waals surface area contributed by atoms with Gasteiger partial charge in [0, 0.05) is 17.0 Å². The summed E-state index contributed by atoms with van der Waals surface area (Å²) in [7, 11) is 0. The van der Waals surface area contributed by atoms with Gasteiger partial charge in [-0.1, -0.05) is 41.9 Å². The van der Waals surface area contributed by atoms with Crippen LogP contribution in [0.5, 0.6) is 17.4 Å². The van der Waals surface area contributed by atoms with Crippen LogP contribution in [0.15, 0.2) is 48.7 Å². The first kappa shape index (κ1) is 24.6. The van der Waals surface area contributed by atoms with E-state index in [1.807, 2.05) is 13.8 Å². The molecule has 1 heterocycles. The molecular formula is C26H24ClF2NO5. The normalized spacial score (nSPS) is 11.5. The van der Waals surface area contributed by atoms with Gasteiger partial charge in [-0.2, -0.15) is 8.78 Å². The lowest BCUT2D eigenvalue weighted by Crippen LogP contribution is -2.08. The molecule has 0 aliphatic heterocycles. The number of hydrogen-bond donors (Lipinski definition) is 1. The summed E-state index contributed by atoms with van der Waals surface area (Å²) in [6.07, 6.45) is 1.27. The van der Waals surface area contributed by atoms with E-state index in [9.17, 15) is 18.7 Å². The maximum Gasteiger partial charge on any atom is 0.387 e. The third kappa shape index (κ3) is 4.84. The van der Waals surface area contributed by atoms with Gasteiger partial charge in [0.2, 0.25) is 5.88 Å². The van der Waals surface area contributed by atoms with E-state index in [1.165, 1.54) is 10.8 Å². The summed E-state index contributed by atoms with van der Waals surface area (Å²) in [5.74, 6) is -0.369. The molecule has 0 aliphatic rings. The molecule has 0 spiro atoms. The minimum Gasteiger partial charge on any atom is -0.494 e. The van der Waals surface area contributed by atoms with Gasteiger partial charge in [-0.15, -0.1) is 0 Å². The Hall–Kier alpha value is -3.52. The van der Waals surface area contributed by atoms with Crippen molar-refractivity contribution < 1.29 is 32.9 Å². The van der Waals surface area contributed by atoms with Crippen molar-refractivity contribution in [2.45, 2.75) is 39.9 Å². The molecule has 0 bridgehead atoms. The summed E-state index contributed by atoms with van der Waals surface area (Å²) >= 11 is 6.51. The van der Waals surface area contributed by atoms with Gasteiger partial charge in [0.25, 0.3) is 0 Å². The van der Waals surface area contributed by atoms with Crippen LogP contribution in [0.25, 0.3) is 27.2 Å². The molecule has 6 nitrogen and oxygen atoms in total. The number of nitrogens with zero attached hydrogens (tertiary/aromatic N) is 1. The minimum atomic E-state index is -3.07. The van der Waals surface area contributed by atoms with Crippen LogP contribution in [-0.2, 0) is 16.0 Å². The van der Waals surface area contributed by atoms with Crippen LogP contribution in [-0.4, -0.2) is 35.0 Å². The largest absolute Gasteiger partial charge is 0.494 e. The maximum atomic E-state index is 13.4. The van der Waals surface area contributed by atoms with E-state index in [2.05, 4.69) is 0 Å². The lowest BCUT2D eigenvalue weighted by Gasteiger charge is -2.17. The van der Waals surface area contributed by atoms with E-state index >= 15 is 0 Å². The second-order valence-electron chi connectivity index (χ2n) is 8.13. The fraction of sp³-hybridized carbons (Fsp3) is 0.269. The second kappa shape index (κ2) is 10.00. The number of alkyl halides is 2. The van der Waals surface area contributed by atoms with Crippen molar-refractivity contribution in [3.05, 3.63) is 59.2 Å². The zero-order valence-corrected chi connectivity index (χ0v) is 20.1. The SMILES string of the molecule is CCOC(=O)Cc1ccc(-n2cc3c(OC(F)F)c4ccccc4c(OC(C)C)c3c2O)c(Cl)c1. The fourth-order valence-corrected chi connectivity index (χ4v) is 4.34. The van der Waals surface area contributed by atoms with Crippen LogP contribution >= 0.6 is 11.6 Å². The van der Waals surface area contributed by atoms with Crippen LogP contribution in [0.2, 0.25) is 5.02 Å². The number of aromatic hydroxyl groups is 1. The fourth-order valence-electron chi connectivity index (χ4n) is 4.04. The Labute approximate surface area is 205 Å². The third-order valence-corrected chi connectivity index (χ3v) is 5.66. The Bertz CT molecular complexity index is 1400. The molecule has 0 saturated carbocycles. The number of fused-ring (bicyclic) bond motifs is 2. The van der Waals surface area contributed by atoms with Crippen LogP contribution in [0, 0.1) is 0 Å². The van der Waals surface area contributed by atoms with E-state index in [0.717, 1.165) is 0 Å². The number of halogens is 3. The number of aromatic nitrogens is 1. The smallest absolute Gasteiger partial charge is 0.387 e. The summed E-state index contributed by atoms with van der Waals surface area (Å²) in [5.41, 5.74) is 1.01. The van der Waals surface area contributed by atoms with Crippen molar-refractivity contribution in [2.75, 3.05) is 6.61 Å². The molecule has 35 heavy (non-hydrogen) atoms. The number of hydrogen-bond acceptors (Lipinski definition) is 5. The number of ether oxygens (including phenoxy) is 3. The van der Waals surface area contributed by atoms with E-state index in [0.29, 0.717) is 27.8 Å². The summed E-state index contributed by atoms with van der Waals surface area (Å²) in [6, 6.07) is 11.7. The molecule has 184 valence electrons. The van der Waals surface area contributed by atoms with Crippen LogP contribution in [0.4, 0.5) is 8.78 Å². The molecule has 0 aliphatic carbocycles. The Kier molecular flexibility index (Phi) is 7.03. The molecule has 1 aromatic heterocycles. The molecule has 4 aromatic rings. The molecule has 0 saturated heterocycles. The Morgan fingerprint density at radius 2 is 1.74 bits per heavy atom. The predicted molar refractivity (Wildman–Crippen MR) is 130 cm³/mol. The second-order valence-corrected chi connectivity index (χ2v) is 8.54. The average molecular weight is 504 g/mol. The topological polar surface area (TPSA) is 69.9 Å². The minimum absolute atomic E-state index is 0.0393. The number of carbonyl (C=O) groups is 1. The highest BCUT2D eigenvalue weighted by atomic mass is 35.5. The Morgan fingerprint density at radius 1 is 1.06 bits per heavy atom. The van der Waals surface area contributed by atoms with Crippen molar-refractivity contribution in [2.24, 2.45) is 0 Å². The van der Waals surface area contributed by atoms with Gasteiger partial charge >= 0.3 is 12.6 Å². The van der Waals surface area contributed by atoms with Crippen molar-refractivity contribution in [3.8, 4) is 23.1 Å². The highest BCUT2D eigenvalue weighted by molar-refractivity contribution is 6.32. The van der Waals surface area contributed by atoms with E-state index in [-0.39, 0.29) is 52.5 Å². The lowest BCUT2D eigenvalue weighted by atomic mass is 10.0. The van der Waals surface area contributed by atoms with Crippen molar-refractivity contribution in [3.63, 3.8) is 0 Å². The molecule has 0 fully saturated rings. The van der Waals surface area contributed by atoms with E-state index in [4.69, 9.17) is 25.8 Å². The highest BCUT2D eigenvalue weighted by Crippen LogP contribution is 2.49. The number of esters is 1. The average Bonchev–Trinajstić information content (AvgIpc) is 3.12. The monoisotopic (exact) mass is 503 g/mol. The van der Waals surface area contributed by atoms with Gasteiger partial charge in [-0.25, -0.2) is 0 Å². The molecule has 1 N–H and O–H groups in total. The summed E-state index contributed by atoms with van der Waals surface area (Å²) in [5, 5.41) is 12.9. The number of benzene rings is 3. The lowest BCUT2D eigenvalue weighted by molar-refractivity contribution is -0.142. The first-order valence-corrected chi connectivity index (χ1v) is 11.4. The first-order valence-electron chi connectivity index (χ1n) is 11.1. The molecule has 0 radical (unpaired) electrons. The van der Waals surface area contributed by atoms with Gasteiger partial charge in [0.05, 0.1) is 40.6 Å². The molecular weight excluding hydrogens is 480 g/mol. The molecule has 4 rings (SSSR count). The first-order chi connectivity index (χ1) is 16.7. The van der Waals surface area contributed by atoms with Crippen molar-refractivity contribution in [1.29, 1.82) is 0 Å². The highest BCUT2D eigenvalue weighted by Gasteiger charge is 2.25. The Morgan fingerprint density at radius 3 is 2.34 bits per heavy atom. The standard InChI is InChI=1S/C26H24ClF2NO5/c1-4-33-21(31)12-15-9-10-20(19(27)11-15)30-13-18-22(25(30)32)24(34-14(2)3)17-8-6-5-7-16(17)23(18)35-26(28)29/h5-11,13-14,26,32H,4,12H2,1-3H3. The maximum absolute atomic E-state index is 13.4. The zero-order chi connectivity index (χ0) is 25.3. The van der Waals surface area contributed by atoms with Gasteiger partial charge < -0.3 is 19.3 Å². The summed E-state index contributed by atoms with van der Waals surface area (Å²) in [6.45, 7) is 2.58. The third-order valence-electron chi connectivity index (χ3n) is 5.35. The van der Waals surface area contributed by atoms with E-state index < -0.39 is 6.61 Å². The zero-order valence-electron chi connectivity index (χ0n) is 19.3. The van der Waals surface area contributed by atoms with Gasteiger partial charge in [0.15, 0.2) is 0 Å². The van der Waals surface area contributed by atoms with Crippen molar-refractivity contribution >= 4 is 39.1 Å². The molecule has 0 unspecified atom stereocenters. The van der Waals surface area contributed by atoms with Crippen LogP contribution in [0.1, 0.15) is 26.3 Å². The molecule has 9 heteroatoms. The quantitative estimate of drug-likeness (QED) is 0.273. The van der Waals surface area contributed by atoms with E-state index in [1.54, 1.807) is 49.4 Å².